The van der Waals surface area contributed by atoms with Gasteiger partial charge < -0.3 is 0 Å². The first-order chi connectivity index (χ1) is 9.91. The molecule has 116 valence electrons. The number of carbonyl (C=O) groups excluding carboxylic acids is 1. The Bertz CT molecular complexity index is 590. The maximum Gasteiger partial charge on any atom is 0.280 e. The van der Waals surface area contributed by atoms with E-state index in [9.17, 15) is 13.2 Å². The summed E-state index contributed by atoms with van der Waals surface area (Å²) in [7, 11) is -3.84. The molecule has 0 bridgehead atoms. The van der Waals surface area contributed by atoms with Crippen LogP contribution in [-0.2, 0) is 14.8 Å². The number of rotatable bonds is 4. The van der Waals surface area contributed by atoms with Crippen LogP contribution in [0.4, 0.5) is 0 Å². The molecule has 0 heterocycles. The third-order valence-electron chi connectivity index (χ3n) is 3.75. The van der Waals surface area contributed by atoms with Crippen LogP contribution in [0.2, 0.25) is 0 Å². The fourth-order valence-corrected chi connectivity index (χ4v) is 3.86. The van der Waals surface area contributed by atoms with Gasteiger partial charge in [0.1, 0.15) is 0 Å². The summed E-state index contributed by atoms with van der Waals surface area (Å²) in [6, 6.07) is 6.56. The Morgan fingerprint density at radius 3 is 2.24 bits per heavy atom. The third-order valence-corrected chi connectivity index (χ3v) is 5.46. The number of benzene rings is 1. The van der Waals surface area contributed by atoms with Crippen LogP contribution in [-0.4, -0.2) is 24.8 Å². The van der Waals surface area contributed by atoms with Gasteiger partial charge in [-0.2, -0.15) is 12.8 Å². The van der Waals surface area contributed by atoms with E-state index < -0.39 is 15.9 Å². The number of hydrogen-bond acceptors (Lipinski definition) is 4. The molecule has 1 saturated carbocycles. The summed E-state index contributed by atoms with van der Waals surface area (Å²) in [6.07, 6.45) is 5.09. The molecule has 21 heavy (non-hydrogen) atoms. The average Bonchev–Trinajstić information content (AvgIpc) is 2.46. The fourth-order valence-electron chi connectivity index (χ4n) is 2.54. The maximum atomic E-state index is 12.6. The molecule has 0 saturated heterocycles. The van der Waals surface area contributed by atoms with Gasteiger partial charge in [-0.05, 0) is 31.9 Å². The smallest absolute Gasteiger partial charge is 0.273 e. The van der Waals surface area contributed by atoms with E-state index in [1.807, 2.05) is 6.92 Å². The van der Waals surface area contributed by atoms with E-state index in [-0.39, 0.29) is 10.9 Å². The first kappa shape index (κ1) is 16.0. The SMILES string of the molecule is CC(=O)N(NC1CCCCC1)S(=O)(=O)c1ccc(C)cc1. The lowest BCUT2D eigenvalue weighted by Crippen LogP contribution is -2.51. The summed E-state index contributed by atoms with van der Waals surface area (Å²) in [5.41, 5.74) is 3.88. The summed E-state index contributed by atoms with van der Waals surface area (Å²) in [5, 5.41) is 0. The van der Waals surface area contributed by atoms with Gasteiger partial charge in [-0.1, -0.05) is 37.0 Å². The fraction of sp³-hybridized carbons (Fsp3) is 0.533. The molecule has 0 aliphatic heterocycles. The molecule has 0 spiro atoms. The van der Waals surface area contributed by atoms with Crippen molar-refractivity contribution in [2.24, 2.45) is 0 Å². The Hall–Kier alpha value is -1.40. The van der Waals surface area contributed by atoms with Crippen LogP contribution in [0.3, 0.4) is 0 Å². The highest BCUT2D eigenvalue weighted by atomic mass is 32.2. The van der Waals surface area contributed by atoms with Crippen LogP contribution >= 0.6 is 0 Å². The van der Waals surface area contributed by atoms with E-state index in [1.54, 1.807) is 12.1 Å². The van der Waals surface area contributed by atoms with Gasteiger partial charge in [0.2, 0.25) is 5.91 Å². The van der Waals surface area contributed by atoms with Crippen molar-refractivity contribution in [3.63, 3.8) is 0 Å². The summed E-state index contributed by atoms with van der Waals surface area (Å²) in [5.74, 6) is -0.513. The minimum atomic E-state index is -3.84. The molecule has 0 atom stereocenters. The van der Waals surface area contributed by atoms with E-state index >= 15 is 0 Å². The average molecular weight is 310 g/mol. The second-order valence-electron chi connectivity index (χ2n) is 5.57. The Kier molecular flexibility index (Phi) is 5.00. The van der Waals surface area contributed by atoms with Crippen LogP contribution in [0.5, 0.6) is 0 Å². The highest BCUT2D eigenvalue weighted by Gasteiger charge is 2.29. The molecule has 1 aliphatic rings. The predicted molar refractivity (Wildman–Crippen MR) is 80.9 cm³/mol. The second-order valence-corrected chi connectivity index (χ2v) is 7.35. The molecule has 1 amide bonds. The van der Waals surface area contributed by atoms with Crippen LogP contribution < -0.4 is 5.43 Å². The third kappa shape index (κ3) is 3.83. The van der Waals surface area contributed by atoms with Crippen LogP contribution in [0.25, 0.3) is 0 Å². The van der Waals surface area contributed by atoms with Gasteiger partial charge in [-0.15, -0.1) is 0 Å². The Morgan fingerprint density at radius 1 is 1.14 bits per heavy atom. The predicted octanol–water partition coefficient (Wildman–Crippen LogP) is 2.37. The van der Waals surface area contributed by atoms with Crippen molar-refractivity contribution in [2.75, 3.05) is 0 Å². The van der Waals surface area contributed by atoms with Crippen molar-refractivity contribution in [2.45, 2.75) is 56.9 Å². The van der Waals surface area contributed by atoms with Crippen molar-refractivity contribution in [3.8, 4) is 0 Å². The summed E-state index contributed by atoms with van der Waals surface area (Å²) < 4.78 is 26.0. The first-order valence-corrected chi connectivity index (χ1v) is 8.74. The standard InChI is InChI=1S/C15H22N2O3S/c1-12-8-10-15(11-9-12)21(19,20)17(13(2)18)16-14-6-4-3-5-7-14/h8-11,14,16H,3-7H2,1-2H3. The number of aryl methyl sites for hydroxylation is 1. The first-order valence-electron chi connectivity index (χ1n) is 7.30. The molecule has 1 aromatic carbocycles. The number of nitrogens with zero attached hydrogens (tertiary/aromatic N) is 1. The van der Waals surface area contributed by atoms with Crippen molar-refractivity contribution in [1.29, 1.82) is 0 Å². The Balaban J connectivity index is 2.23. The topological polar surface area (TPSA) is 66.5 Å². The number of carbonyl (C=O) groups is 1. The van der Waals surface area contributed by atoms with Crippen LogP contribution in [0.15, 0.2) is 29.2 Å². The van der Waals surface area contributed by atoms with Crippen molar-refractivity contribution >= 4 is 15.9 Å². The van der Waals surface area contributed by atoms with Gasteiger partial charge in [0, 0.05) is 13.0 Å². The molecule has 5 nitrogen and oxygen atoms in total. The largest absolute Gasteiger partial charge is 0.280 e. The van der Waals surface area contributed by atoms with Gasteiger partial charge in [0.25, 0.3) is 10.0 Å². The molecular formula is C15H22N2O3S. The summed E-state index contributed by atoms with van der Waals surface area (Å²) >= 11 is 0. The number of nitrogens with one attached hydrogen (secondary N) is 1. The van der Waals surface area contributed by atoms with Gasteiger partial charge in [0.15, 0.2) is 0 Å². The molecule has 1 aromatic rings. The monoisotopic (exact) mass is 310 g/mol. The number of sulfonamides is 1. The van der Waals surface area contributed by atoms with E-state index in [4.69, 9.17) is 0 Å². The lowest BCUT2D eigenvalue weighted by Gasteiger charge is -2.29. The lowest BCUT2D eigenvalue weighted by molar-refractivity contribution is -0.126. The van der Waals surface area contributed by atoms with E-state index in [2.05, 4.69) is 5.43 Å². The molecule has 6 heteroatoms. The number of hydrazine groups is 1. The van der Waals surface area contributed by atoms with E-state index in [1.165, 1.54) is 25.5 Å². The zero-order valence-electron chi connectivity index (χ0n) is 12.5. The van der Waals surface area contributed by atoms with Gasteiger partial charge in [0.05, 0.1) is 4.90 Å². The summed E-state index contributed by atoms with van der Waals surface area (Å²) in [4.78, 5) is 11.9. The zero-order chi connectivity index (χ0) is 15.5. The molecule has 0 unspecified atom stereocenters. The van der Waals surface area contributed by atoms with E-state index in [0.29, 0.717) is 0 Å². The molecule has 0 radical (unpaired) electrons. The molecule has 2 rings (SSSR count). The second kappa shape index (κ2) is 6.58. The number of hydrogen-bond donors (Lipinski definition) is 1. The van der Waals surface area contributed by atoms with Crippen molar-refractivity contribution in [1.82, 2.24) is 9.84 Å². The van der Waals surface area contributed by atoms with Gasteiger partial charge in [-0.25, -0.2) is 5.43 Å². The van der Waals surface area contributed by atoms with Gasteiger partial charge >= 0.3 is 0 Å². The van der Waals surface area contributed by atoms with Crippen LogP contribution in [0, 0.1) is 6.92 Å². The van der Waals surface area contributed by atoms with Gasteiger partial charge in [-0.3, -0.25) is 4.79 Å². The minimum absolute atomic E-state index is 0.0443. The molecule has 1 aliphatic carbocycles. The molecule has 0 aromatic heterocycles. The quantitative estimate of drug-likeness (QED) is 0.867. The molecular weight excluding hydrogens is 288 g/mol. The molecule has 1 N–H and O–H groups in total. The zero-order valence-corrected chi connectivity index (χ0v) is 13.3. The summed E-state index contributed by atoms with van der Waals surface area (Å²) in [6.45, 7) is 3.15. The Morgan fingerprint density at radius 2 is 1.71 bits per heavy atom. The number of amides is 1. The highest BCUT2D eigenvalue weighted by molar-refractivity contribution is 7.89. The normalized spacial score (nSPS) is 16.7. The van der Waals surface area contributed by atoms with Crippen molar-refractivity contribution in [3.05, 3.63) is 29.8 Å². The molecule has 1 fully saturated rings. The minimum Gasteiger partial charge on any atom is -0.273 e. The Labute approximate surface area is 126 Å². The lowest BCUT2D eigenvalue weighted by atomic mass is 9.96. The van der Waals surface area contributed by atoms with E-state index in [0.717, 1.165) is 35.7 Å². The van der Waals surface area contributed by atoms with Crippen molar-refractivity contribution < 1.29 is 13.2 Å². The van der Waals surface area contributed by atoms with Crippen LogP contribution in [0.1, 0.15) is 44.6 Å². The highest BCUT2D eigenvalue weighted by Crippen LogP contribution is 2.20. The maximum absolute atomic E-state index is 12.6.